The van der Waals surface area contributed by atoms with E-state index in [1.807, 2.05) is 12.1 Å². The van der Waals surface area contributed by atoms with E-state index in [4.69, 9.17) is 27.6 Å². The molecule has 25 heavy (non-hydrogen) atoms. The van der Waals surface area contributed by atoms with Crippen molar-refractivity contribution in [1.82, 2.24) is 15.0 Å². The number of aromatic nitrogens is 3. The molecule has 0 saturated carbocycles. The van der Waals surface area contributed by atoms with Crippen LogP contribution in [-0.4, -0.2) is 21.4 Å². The van der Waals surface area contributed by atoms with Crippen LogP contribution in [0.5, 0.6) is 0 Å². The minimum absolute atomic E-state index is 0.364. The molecule has 2 aromatic carbocycles. The third kappa shape index (κ3) is 2.86. The number of rotatable bonds is 4. The Balaban J connectivity index is 1.76. The van der Waals surface area contributed by atoms with E-state index in [-0.39, 0.29) is 0 Å². The molecule has 4 aromatic rings. The molecule has 4 rings (SSSR count). The number of hydrogen-bond donors (Lipinski definition) is 2. The Morgan fingerprint density at radius 1 is 1.16 bits per heavy atom. The molecule has 0 radical (unpaired) electrons. The highest BCUT2D eigenvalue weighted by molar-refractivity contribution is 6.36. The molecule has 6 nitrogen and oxygen atoms in total. The van der Waals surface area contributed by atoms with E-state index in [0.717, 1.165) is 5.52 Å². The fourth-order valence-electron chi connectivity index (χ4n) is 2.50. The molecule has 0 aliphatic carbocycles. The molecule has 0 spiro atoms. The second-order valence-electron chi connectivity index (χ2n) is 5.21. The van der Waals surface area contributed by atoms with E-state index in [2.05, 4.69) is 20.3 Å². The van der Waals surface area contributed by atoms with Crippen molar-refractivity contribution in [3.05, 3.63) is 52.7 Å². The number of carbonyl (C=O) groups is 1. The number of benzene rings is 2. The molecule has 8 heteroatoms. The van der Waals surface area contributed by atoms with E-state index < -0.39 is 0 Å². The van der Waals surface area contributed by atoms with Gasteiger partial charge in [0.15, 0.2) is 5.82 Å². The first-order valence-corrected chi connectivity index (χ1v) is 8.01. The Hall–Kier alpha value is -2.83. The summed E-state index contributed by atoms with van der Waals surface area (Å²) in [5, 5.41) is 3.60. The van der Waals surface area contributed by atoms with Gasteiger partial charge in [-0.3, -0.25) is 4.79 Å². The van der Waals surface area contributed by atoms with E-state index >= 15 is 0 Å². The summed E-state index contributed by atoms with van der Waals surface area (Å²) in [7, 11) is 0. The lowest BCUT2D eigenvalue weighted by Crippen LogP contribution is -1.94. The lowest BCUT2D eigenvalue weighted by atomic mass is 10.2. The van der Waals surface area contributed by atoms with Crippen LogP contribution in [0.4, 0.5) is 5.69 Å². The molecular formula is C17H10Cl2N4O2. The van der Waals surface area contributed by atoms with E-state index in [0.29, 0.717) is 50.6 Å². The Bertz CT molecular complexity index is 1090. The number of carbonyl (C=O) groups excluding carboxylic acids is 1. The van der Waals surface area contributed by atoms with Crippen molar-refractivity contribution in [1.29, 1.82) is 0 Å². The van der Waals surface area contributed by atoms with Crippen molar-refractivity contribution >= 4 is 46.3 Å². The minimum Gasteiger partial charge on any atom is -0.444 e. The third-order valence-corrected chi connectivity index (χ3v) is 4.18. The molecule has 2 heterocycles. The van der Waals surface area contributed by atoms with Gasteiger partial charge in [0.05, 0.1) is 21.8 Å². The predicted octanol–water partition coefficient (Wildman–Crippen LogP) is 4.76. The number of H-pyrrole nitrogens is 1. The van der Waals surface area contributed by atoms with E-state index in [1.165, 1.54) is 6.26 Å². The Kier molecular flexibility index (Phi) is 3.91. The maximum absolute atomic E-state index is 10.7. The number of aromatic amines is 1. The fraction of sp³-hybridized carbons (Fsp3) is 0. The summed E-state index contributed by atoms with van der Waals surface area (Å²) >= 11 is 12.1. The zero-order valence-electron chi connectivity index (χ0n) is 12.6. The molecule has 0 aliphatic rings. The van der Waals surface area contributed by atoms with Gasteiger partial charge in [-0.05, 0) is 30.3 Å². The molecule has 0 unspecified atom stereocenters. The molecule has 0 saturated heterocycles. The van der Waals surface area contributed by atoms with Gasteiger partial charge in [-0.1, -0.05) is 29.3 Å². The van der Waals surface area contributed by atoms with Crippen molar-refractivity contribution in [2.75, 3.05) is 5.32 Å². The first kappa shape index (κ1) is 15.7. The molecule has 0 bridgehead atoms. The maximum Gasteiger partial charge on any atom is 0.228 e. The molecule has 124 valence electrons. The Labute approximate surface area is 151 Å². The van der Waals surface area contributed by atoms with Gasteiger partial charge < -0.3 is 14.7 Å². The summed E-state index contributed by atoms with van der Waals surface area (Å²) in [5.41, 5.74) is 3.18. The molecule has 0 aliphatic heterocycles. The number of imidazole rings is 1. The summed E-state index contributed by atoms with van der Waals surface area (Å²) in [4.78, 5) is 22.8. The SMILES string of the molecule is O=CNc1cccc2[nH]c(-c3coc(-c4ccc(Cl)cc4Cl)n3)nc12. The number of nitrogens with zero attached hydrogens (tertiary/aromatic N) is 2. The zero-order valence-corrected chi connectivity index (χ0v) is 14.1. The monoisotopic (exact) mass is 372 g/mol. The van der Waals surface area contributed by atoms with Crippen LogP contribution in [0.25, 0.3) is 34.0 Å². The van der Waals surface area contributed by atoms with Gasteiger partial charge in [0, 0.05) is 5.02 Å². The highest BCUT2D eigenvalue weighted by atomic mass is 35.5. The van der Waals surface area contributed by atoms with Gasteiger partial charge in [0.2, 0.25) is 12.3 Å². The van der Waals surface area contributed by atoms with Crippen molar-refractivity contribution in [2.45, 2.75) is 0 Å². The molecule has 0 fully saturated rings. The average Bonchev–Trinajstić information content (AvgIpc) is 3.22. The van der Waals surface area contributed by atoms with Crippen molar-refractivity contribution in [3.63, 3.8) is 0 Å². The van der Waals surface area contributed by atoms with Gasteiger partial charge in [-0.25, -0.2) is 9.97 Å². The van der Waals surface area contributed by atoms with E-state index in [1.54, 1.807) is 24.3 Å². The largest absolute Gasteiger partial charge is 0.444 e. The predicted molar refractivity (Wildman–Crippen MR) is 96.7 cm³/mol. The van der Waals surface area contributed by atoms with Crippen LogP contribution < -0.4 is 5.32 Å². The molecule has 2 aromatic heterocycles. The lowest BCUT2D eigenvalue weighted by Gasteiger charge is -1.99. The van der Waals surface area contributed by atoms with Crippen LogP contribution in [-0.2, 0) is 4.79 Å². The van der Waals surface area contributed by atoms with Crippen LogP contribution in [0, 0.1) is 0 Å². The summed E-state index contributed by atoms with van der Waals surface area (Å²) < 4.78 is 5.53. The van der Waals surface area contributed by atoms with Crippen molar-refractivity contribution in [3.8, 4) is 23.0 Å². The second kappa shape index (κ2) is 6.23. The Morgan fingerprint density at radius 2 is 2.04 bits per heavy atom. The van der Waals surface area contributed by atoms with Crippen LogP contribution in [0.3, 0.4) is 0 Å². The molecule has 0 atom stereocenters. The quantitative estimate of drug-likeness (QED) is 0.505. The minimum atomic E-state index is 0.364. The summed E-state index contributed by atoms with van der Waals surface area (Å²) in [6.45, 7) is 0. The molecular weight excluding hydrogens is 363 g/mol. The highest BCUT2D eigenvalue weighted by Gasteiger charge is 2.15. The smallest absolute Gasteiger partial charge is 0.228 e. The summed E-state index contributed by atoms with van der Waals surface area (Å²) in [5.74, 6) is 0.888. The van der Waals surface area contributed by atoms with Crippen LogP contribution in [0.1, 0.15) is 0 Å². The van der Waals surface area contributed by atoms with Crippen LogP contribution in [0.15, 0.2) is 47.1 Å². The number of anilines is 1. The average molecular weight is 373 g/mol. The third-order valence-electron chi connectivity index (χ3n) is 3.64. The van der Waals surface area contributed by atoms with E-state index in [9.17, 15) is 4.79 Å². The summed E-state index contributed by atoms with van der Waals surface area (Å²) in [6, 6.07) is 10.5. The topological polar surface area (TPSA) is 83.8 Å². The second-order valence-corrected chi connectivity index (χ2v) is 6.06. The Morgan fingerprint density at radius 3 is 2.84 bits per heavy atom. The van der Waals surface area contributed by atoms with Crippen LogP contribution >= 0.6 is 23.2 Å². The van der Waals surface area contributed by atoms with Crippen molar-refractivity contribution in [2.24, 2.45) is 0 Å². The fourth-order valence-corrected chi connectivity index (χ4v) is 2.99. The lowest BCUT2D eigenvalue weighted by molar-refractivity contribution is -0.105. The van der Waals surface area contributed by atoms with Gasteiger partial charge in [-0.15, -0.1) is 0 Å². The van der Waals surface area contributed by atoms with Gasteiger partial charge in [0.25, 0.3) is 0 Å². The number of fused-ring (bicyclic) bond motifs is 1. The number of para-hydroxylation sites is 1. The first-order valence-electron chi connectivity index (χ1n) is 7.26. The van der Waals surface area contributed by atoms with Gasteiger partial charge in [-0.2, -0.15) is 0 Å². The van der Waals surface area contributed by atoms with Gasteiger partial charge in [0.1, 0.15) is 17.5 Å². The van der Waals surface area contributed by atoms with Crippen LogP contribution in [0.2, 0.25) is 10.0 Å². The normalized spacial score (nSPS) is 11.0. The number of hydrogen-bond acceptors (Lipinski definition) is 4. The highest BCUT2D eigenvalue weighted by Crippen LogP contribution is 2.32. The number of amides is 1. The zero-order chi connectivity index (χ0) is 17.4. The molecule has 1 amide bonds. The standard InChI is InChI=1S/C17H10Cl2N4O2/c18-9-4-5-10(11(19)6-9)17-22-14(7-25-17)16-21-13-3-1-2-12(20-8-24)15(13)23-16/h1-8H,(H,20,24)(H,21,23). The first-order chi connectivity index (χ1) is 12.2. The molecule has 2 N–H and O–H groups in total. The maximum atomic E-state index is 10.7. The number of nitrogens with one attached hydrogen (secondary N) is 2. The van der Waals surface area contributed by atoms with Gasteiger partial charge >= 0.3 is 0 Å². The van der Waals surface area contributed by atoms with Crippen molar-refractivity contribution < 1.29 is 9.21 Å². The number of oxazole rings is 1. The summed E-state index contributed by atoms with van der Waals surface area (Å²) in [6.07, 6.45) is 2.10. The number of halogens is 2.